The molecule has 0 aliphatic rings. The second kappa shape index (κ2) is 6.80. The maximum absolute atomic E-state index is 13.8. The lowest BCUT2D eigenvalue weighted by Gasteiger charge is -2.20. The van der Waals surface area contributed by atoms with E-state index in [1.165, 1.54) is 12.4 Å². The Labute approximate surface area is 131 Å². The van der Waals surface area contributed by atoms with Crippen molar-refractivity contribution in [2.24, 2.45) is 0 Å². The Balaban J connectivity index is 2.42. The van der Waals surface area contributed by atoms with E-state index in [0.717, 1.165) is 12.1 Å². The summed E-state index contributed by atoms with van der Waals surface area (Å²) in [4.78, 5) is 14.0. The minimum atomic E-state index is -4.46. The van der Waals surface area contributed by atoms with Crippen LogP contribution in [0.1, 0.15) is 5.56 Å². The average molecular weight is 342 g/mol. The summed E-state index contributed by atoms with van der Waals surface area (Å²) in [5.74, 6) is -3.62. The molecule has 0 spiro atoms. The van der Waals surface area contributed by atoms with E-state index < -0.39 is 39.1 Å². The van der Waals surface area contributed by atoms with E-state index in [2.05, 4.69) is 4.98 Å². The smallest absolute Gasteiger partial charge is 0.318 e. The molecule has 2 rings (SSSR count). The minimum absolute atomic E-state index is 0.306. The first-order valence-corrected chi connectivity index (χ1v) is 7.80. The Kier molecular flexibility index (Phi) is 5.02. The van der Waals surface area contributed by atoms with Crippen LogP contribution in [-0.4, -0.2) is 35.3 Å². The van der Waals surface area contributed by atoms with Crippen molar-refractivity contribution < 1.29 is 27.1 Å². The van der Waals surface area contributed by atoms with E-state index in [-0.39, 0.29) is 6.54 Å². The van der Waals surface area contributed by atoms with E-state index in [1.54, 1.807) is 12.1 Å². The summed E-state index contributed by atoms with van der Waals surface area (Å²) in [6.45, 7) is -1.17. The summed E-state index contributed by atoms with van der Waals surface area (Å²) >= 11 is 0. The lowest BCUT2D eigenvalue weighted by molar-refractivity contribution is -0.137. The quantitative estimate of drug-likeness (QED) is 0.862. The molecule has 0 amide bonds. The third-order valence-corrected chi connectivity index (χ3v) is 4.73. The zero-order chi connectivity index (χ0) is 17.0. The number of carboxylic acids is 1. The lowest BCUT2D eigenvalue weighted by atomic mass is 10.3. The number of pyridine rings is 1. The van der Waals surface area contributed by atoms with Gasteiger partial charge in [-0.05, 0) is 23.8 Å². The summed E-state index contributed by atoms with van der Waals surface area (Å²) in [6.07, 6.45) is 2.84. The predicted molar refractivity (Wildman–Crippen MR) is 75.8 cm³/mol. The van der Waals surface area contributed by atoms with Gasteiger partial charge in [-0.15, -0.1) is 0 Å². The molecule has 0 atom stereocenters. The normalized spacial score (nSPS) is 11.6. The molecule has 6 nitrogen and oxygen atoms in total. The molecule has 9 heteroatoms. The zero-order valence-electron chi connectivity index (χ0n) is 11.7. The van der Waals surface area contributed by atoms with Crippen LogP contribution < -0.4 is 0 Å². The molecule has 0 saturated heterocycles. The molecule has 0 aliphatic heterocycles. The third kappa shape index (κ3) is 4.08. The first-order chi connectivity index (χ1) is 10.8. The number of rotatable bonds is 6. The van der Waals surface area contributed by atoms with Crippen molar-refractivity contribution in [1.82, 2.24) is 9.29 Å². The summed E-state index contributed by atoms with van der Waals surface area (Å²) in [7, 11) is -4.46. The minimum Gasteiger partial charge on any atom is -0.480 e. The number of nitrogens with zero attached hydrogens (tertiary/aromatic N) is 2. The summed E-state index contributed by atoms with van der Waals surface area (Å²) < 4.78 is 52.3. The molecular formula is C14H12F2N2O4S. The highest BCUT2D eigenvalue weighted by Gasteiger charge is 2.29. The summed E-state index contributed by atoms with van der Waals surface area (Å²) in [5, 5.41) is 8.91. The predicted octanol–water partition coefficient (Wildman–Crippen LogP) is 1.64. The van der Waals surface area contributed by atoms with Crippen molar-refractivity contribution in [3.05, 3.63) is 59.9 Å². The molecule has 1 aromatic heterocycles. The van der Waals surface area contributed by atoms with Gasteiger partial charge in [-0.25, -0.2) is 17.2 Å². The van der Waals surface area contributed by atoms with Crippen LogP contribution in [0, 0.1) is 11.6 Å². The van der Waals surface area contributed by atoms with Crippen molar-refractivity contribution in [2.45, 2.75) is 11.4 Å². The van der Waals surface area contributed by atoms with E-state index in [0.29, 0.717) is 15.9 Å². The van der Waals surface area contributed by atoms with Crippen molar-refractivity contribution in [1.29, 1.82) is 0 Å². The summed E-state index contributed by atoms with van der Waals surface area (Å²) in [5.41, 5.74) is 0.430. The number of aromatic nitrogens is 1. The first-order valence-electron chi connectivity index (χ1n) is 6.36. The van der Waals surface area contributed by atoms with Crippen molar-refractivity contribution in [2.75, 3.05) is 6.54 Å². The van der Waals surface area contributed by atoms with E-state index in [9.17, 15) is 22.0 Å². The van der Waals surface area contributed by atoms with Crippen LogP contribution in [0.15, 0.2) is 47.6 Å². The van der Waals surface area contributed by atoms with Gasteiger partial charge in [-0.2, -0.15) is 4.31 Å². The maximum Gasteiger partial charge on any atom is 0.318 e. The van der Waals surface area contributed by atoms with E-state index in [4.69, 9.17) is 5.11 Å². The number of benzene rings is 1. The highest BCUT2D eigenvalue weighted by molar-refractivity contribution is 7.89. The van der Waals surface area contributed by atoms with Crippen molar-refractivity contribution in [3.8, 4) is 0 Å². The van der Waals surface area contributed by atoms with E-state index >= 15 is 0 Å². The van der Waals surface area contributed by atoms with Crippen LogP contribution in [0.4, 0.5) is 8.78 Å². The molecule has 1 heterocycles. The molecule has 1 aromatic carbocycles. The topological polar surface area (TPSA) is 87.6 Å². The molecule has 0 unspecified atom stereocenters. The molecule has 122 valence electrons. The van der Waals surface area contributed by atoms with Crippen molar-refractivity contribution >= 4 is 16.0 Å². The fourth-order valence-electron chi connectivity index (χ4n) is 1.90. The fraction of sp³-hybridized carbons (Fsp3) is 0.143. The van der Waals surface area contributed by atoms with Gasteiger partial charge in [0.15, 0.2) is 0 Å². The van der Waals surface area contributed by atoms with Crippen molar-refractivity contribution in [3.63, 3.8) is 0 Å². The number of hydrogen-bond acceptors (Lipinski definition) is 4. The Hall–Kier alpha value is -2.39. The Bertz CT molecular complexity index is 813. The Morgan fingerprint density at radius 2 is 2.00 bits per heavy atom. The van der Waals surface area contributed by atoms with Crippen LogP contribution in [-0.2, 0) is 21.4 Å². The van der Waals surface area contributed by atoms with Gasteiger partial charge in [0.05, 0.1) is 0 Å². The Morgan fingerprint density at radius 1 is 1.26 bits per heavy atom. The van der Waals surface area contributed by atoms with Gasteiger partial charge in [0.1, 0.15) is 23.1 Å². The number of carbonyl (C=O) groups is 1. The molecule has 0 bridgehead atoms. The second-order valence-corrected chi connectivity index (χ2v) is 6.51. The molecule has 1 N–H and O–H groups in total. The van der Waals surface area contributed by atoms with Gasteiger partial charge in [-0.1, -0.05) is 6.07 Å². The number of halogens is 2. The van der Waals surface area contributed by atoms with Gasteiger partial charge in [0, 0.05) is 25.0 Å². The van der Waals surface area contributed by atoms with E-state index in [1.807, 2.05) is 0 Å². The van der Waals surface area contributed by atoms with Gasteiger partial charge in [-0.3, -0.25) is 9.78 Å². The van der Waals surface area contributed by atoms with Crippen LogP contribution in [0.2, 0.25) is 0 Å². The lowest BCUT2D eigenvalue weighted by Crippen LogP contribution is -2.35. The highest BCUT2D eigenvalue weighted by Crippen LogP contribution is 2.21. The molecular weight excluding hydrogens is 330 g/mol. The van der Waals surface area contributed by atoms with Crippen LogP contribution >= 0.6 is 0 Å². The average Bonchev–Trinajstić information content (AvgIpc) is 2.46. The second-order valence-electron chi connectivity index (χ2n) is 4.60. The van der Waals surface area contributed by atoms with Gasteiger partial charge < -0.3 is 5.11 Å². The van der Waals surface area contributed by atoms with Crippen LogP contribution in [0.3, 0.4) is 0 Å². The van der Waals surface area contributed by atoms with Gasteiger partial charge in [0.2, 0.25) is 10.0 Å². The fourth-order valence-corrected chi connectivity index (χ4v) is 3.32. The molecule has 0 fully saturated rings. The number of carboxylic acid groups (broad SMARTS) is 1. The number of hydrogen-bond donors (Lipinski definition) is 1. The summed E-state index contributed by atoms with van der Waals surface area (Å²) in [6, 6.07) is 5.09. The Morgan fingerprint density at radius 3 is 2.57 bits per heavy atom. The monoisotopic (exact) mass is 342 g/mol. The largest absolute Gasteiger partial charge is 0.480 e. The maximum atomic E-state index is 13.8. The van der Waals surface area contributed by atoms with Crippen LogP contribution in [0.25, 0.3) is 0 Å². The standard InChI is InChI=1S/C14H12F2N2O4S/c15-11-3-4-13(12(16)6-11)23(21,22)18(9-14(19)20)8-10-2-1-5-17-7-10/h1-7H,8-9H2,(H,19,20). The first kappa shape index (κ1) is 17.0. The van der Waals surface area contributed by atoms with Gasteiger partial charge in [0.25, 0.3) is 0 Å². The number of sulfonamides is 1. The highest BCUT2D eigenvalue weighted by atomic mass is 32.2. The molecule has 23 heavy (non-hydrogen) atoms. The molecule has 2 aromatic rings. The van der Waals surface area contributed by atoms with Gasteiger partial charge >= 0.3 is 5.97 Å². The number of aliphatic carboxylic acids is 1. The van der Waals surface area contributed by atoms with Crippen LogP contribution in [0.5, 0.6) is 0 Å². The zero-order valence-corrected chi connectivity index (χ0v) is 12.5. The third-order valence-electron chi connectivity index (χ3n) is 2.91. The SMILES string of the molecule is O=C(O)CN(Cc1cccnc1)S(=O)(=O)c1ccc(F)cc1F. The molecule has 0 saturated carbocycles. The molecule has 0 radical (unpaired) electrons. The molecule has 0 aliphatic carbocycles.